The zero-order chi connectivity index (χ0) is 26.2. The Morgan fingerprint density at radius 3 is 2.32 bits per heavy atom. The fraction of sp³-hybridized carbons (Fsp3) is 0.483. The van der Waals surface area contributed by atoms with Gasteiger partial charge in [0.25, 0.3) is 5.56 Å². The SMILES string of the molecule is Cc1cccc(F)c1.O=c1c(C2CCCCC2)cc(C23CC(C2)C3)nn1Cc1ncccc1C(F)(F)F. The predicted molar refractivity (Wildman–Crippen MR) is 133 cm³/mol. The zero-order valence-corrected chi connectivity index (χ0v) is 20.9. The maximum absolute atomic E-state index is 13.4. The number of nitrogens with zero attached hydrogens (tertiary/aromatic N) is 3. The van der Waals surface area contributed by atoms with Gasteiger partial charge in [0.05, 0.1) is 23.5 Å². The lowest BCUT2D eigenvalue weighted by molar-refractivity contribution is -0.138. The molecular weight excluding hydrogens is 482 g/mol. The summed E-state index contributed by atoms with van der Waals surface area (Å²) in [6.07, 6.45) is 5.36. The van der Waals surface area contributed by atoms with E-state index in [-0.39, 0.29) is 34.9 Å². The van der Waals surface area contributed by atoms with E-state index >= 15 is 0 Å². The van der Waals surface area contributed by atoms with Gasteiger partial charge in [-0.1, -0.05) is 31.4 Å². The van der Waals surface area contributed by atoms with Gasteiger partial charge in [-0.05, 0) is 86.8 Å². The van der Waals surface area contributed by atoms with Crippen LogP contribution in [0.4, 0.5) is 17.6 Å². The molecule has 0 unspecified atom stereocenters. The summed E-state index contributed by atoms with van der Waals surface area (Å²) in [5.41, 5.74) is 1.42. The molecule has 4 aliphatic carbocycles. The molecule has 1 aromatic carbocycles. The molecule has 4 saturated carbocycles. The number of pyridine rings is 1. The number of aromatic nitrogens is 3. The van der Waals surface area contributed by atoms with Gasteiger partial charge in [0.1, 0.15) is 5.82 Å². The molecule has 0 N–H and O–H groups in total. The van der Waals surface area contributed by atoms with Gasteiger partial charge in [-0.15, -0.1) is 0 Å². The highest BCUT2D eigenvalue weighted by Gasteiger charge is 2.58. The topological polar surface area (TPSA) is 47.8 Å². The smallest absolute Gasteiger partial charge is 0.267 e. The average Bonchev–Trinajstić information content (AvgIpc) is 2.79. The van der Waals surface area contributed by atoms with Crippen molar-refractivity contribution in [2.24, 2.45) is 5.92 Å². The van der Waals surface area contributed by atoms with Crippen molar-refractivity contribution in [3.8, 4) is 0 Å². The van der Waals surface area contributed by atoms with E-state index in [4.69, 9.17) is 0 Å². The minimum absolute atomic E-state index is 0.0422. The van der Waals surface area contributed by atoms with Crippen LogP contribution in [0.5, 0.6) is 0 Å². The summed E-state index contributed by atoms with van der Waals surface area (Å²) in [4.78, 5) is 17.2. The van der Waals surface area contributed by atoms with Crippen molar-refractivity contribution >= 4 is 0 Å². The van der Waals surface area contributed by atoms with E-state index in [9.17, 15) is 22.4 Å². The highest BCUT2D eigenvalue weighted by molar-refractivity contribution is 5.33. The lowest BCUT2D eigenvalue weighted by Gasteiger charge is -2.61. The molecule has 0 atom stereocenters. The standard InChI is InChI=1S/C22H24F3N3O.C7H7F/c23-22(24,25)17-7-4-8-26-18(17)13-28-20(29)16(15-5-2-1-3-6-15)9-19(27-28)21-10-14(11-21)12-21;1-6-3-2-4-7(8)5-6/h4,7-9,14-15H,1-3,5-6,10-13H2;2-5H,1H3. The first-order valence-electron chi connectivity index (χ1n) is 13.0. The van der Waals surface area contributed by atoms with Crippen LogP contribution in [0.25, 0.3) is 0 Å². The Hall–Kier alpha value is -3.03. The van der Waals surface area contributed by atoms with Crippen LogP contribution in [0, 0.1) is 18.7 Å². The number of aryl methyl sites for hydroxylation is 1. The number of benzene rings is 1. The molecule has 7 rings (SSSR count). The van der Waals surface area contributed by atoms with Gasteiger partial charge < -0.3 is 0 Å². The largest absolute Gasteiger partial charge is 0.418 e. The van der Waals surface area contributed by atoms with Gasteiger partial charge >= 0.3 is 6.18 Å². The summed E-state index contributed by atoms with van der Waals surface area (Å²) >= 11 is 0. The minimum atomic E-state index is -4.51. The van der Waals surface area contributed by atoms with Crippen molar-refractivity contribution in [1.29, 1.82) is 0 Å². The molecule has 0 amide bonds. The maximum Gasteiger partial charge on any atom is 0.418 e. The van der Waals surface area contributed by atoms with E-state index < -0.39 is 11.7 Å². The van der Waals surface area contributed by atoms with E-state index in [0.717, 1.165) is 73.8 Å². The van der Waals surface area contributed by atoms with Crippen LogP contribution in [-0.2, 0) is 18.1 Å². The van der Waals surface area contributed by atoms with Crippen molar-refractivity contribution < 1.29 is 17.6 Å². The first-order valence-corrected chi connectivity index (χ1v) is 13.0. The van der Waals surface area contributed by atoms with E-state index in [2.05, 4.69) is 10.1 Å². The molecule has 4 nitrogen and oxygen atoms in total. The van der Waals surface area contributed by atoms with Gasteiger partial charge in [-0.2, -0.15) is 18.3 Å². The first-order chi connectivity index (χ1) is 17.6. The molecule has 0 radical (unpaired) electrons. The summed E-state index contributed by atoms with van der Waals surface area (Å²) in [5.74, 6) is 0.773. The Balaban J connectivity index is 0.000000301. The fourth-order valence-corrected chi connectivity index (χ4v) is 6.00. The molecule has 2 bridgehead atoms. The van der Waals surface area contributed by atoms with Crippen molar-refractivity contribution in [1.82, 2.24) is 14.8 Å². The van der Waals surface area contributed by atoms with Crippen LogP contribution in [0.1, 0.15) is 85.4 Å². The molecular formula is C29H31F4N3O. The third-order valence-corrected chi connectivity index (χ3v) is 8.10. The summed E-state index contributed by atoms with van der Waals surface area (Å²) in [6.45, 7) is 1.62. The van der Waals surface area contributed by atoms with Crippen molar-refractivity contribution in [2.75, 3.05) is 0 Å². The molecule has 8 heteroatoms. The molecule has 196 valence electrons. The summed E-state index contributed by atoms with van der Waals surface area (Å²) in [6, 6.07) is 10.8. The van der Waals surface area contributed by atoms with E-state index in [1.54, 1.807) is 6.07 Å². The Bertz CT molecular complexity index is 1290. The lowest BCUT2D eigenvalue weighted by Crippen LogP contribution is -2.56. The van der Waals surface area contributed by atoms with Crippen LogP contribution in [-0.4, -0.2) is 14.8 Å². The fourth-order valence-electron chi connectivity index (χ4n) is 6.00. The number of hydrogen-bond donors (Lipinski definition) is 0. The summed E-state index contributed by atoms with van der Waals surface area (Å²) in [5, 5.41) is 4.57. The second kappa shape index (κ2) is 10.0. The third-order valence-electron chi connectivity index (χ3n) is 8.10. The van der Waals surface area contributed by atoms with Crippen LogP contribution in [0.3, 0.4) is 0 Å². The van der Waals surface area contributed by atoms with Gasteiger partial charge in [0.15, 0.2) is 0 Å². The second-order valence-corrected chi connectivity index (χ2v) is 10.8. The quantitative estimate of drug-likeness (QED) is 0.355. The van der Waals surface area contributed by atoms with Crippen LogP contribution < -0.4 is 5.56 Å². The van der Waals surface area contributed by atoms with Crippen molar-refractivity contribution in [3.63, 3.8) is 0 Å². The number of hydrogen-bond acceptors (Lipinski definition) is 3. The highest BCUT2D eigenvalue weighted by atomic mass is 19.4. The second-order valence-electron chi connectivity index (χ2n) is 10.8. The minimum Gasteiger partial charge on any atom is -0.267 e. The van der Waals surface area contributed by atoms with E-state index in [0.29, 0.717) is 0 Å². The molecule has 37 heavy (non-hydrogen) atoms. The molecule has 3 aromatic rings. The molecule has 0 aliphatic heterocycles. The molecule has 4 aliphatic rings. The normalized spacial score (nSPS) is 22.9. The first kappa shape index (κ1) is 25.6. The Morgan fingerprint density at radius 1 is 1.03 bits per heavy atom. The Morgan fingerprint density at radius 2 is 1.76 bits per heavy atom. The van der Waals surface area contributed by atoms with Crippen molar-refractivity contribution in [2.45, 2.75) is 82.3 Å². The summed E-state index contributed by atoms with van der Waals surface area (Å²) in [7, 11) is 0. The highest BCUT2D eigenvalue weighted by Crippen LogP contribution is 2.64. The molecule has 2 aromatic heterocycles. The van der Waals surface area contributed by atoms with Crippen molar-refractivity contribution in [3.05, 3.63) is 92.9 Å². The molecule has 0 saturated heterocycles. The van der Waals surface area contributed by atoms with Gasteiger partial charge in [-0.25, -0.2) is 9.07 Å². The molecule has 0 spiro atoms. The number of rotatable bonds is 4. The van der Waals surface area contributed by atoms with Gasteiger partial charge in [0, 0.05) is 17.2 Å². The van der Waals surface area contributed by atoms with Crippen LogP contribution in [0.15, 0.2) is 53.5 Å². The van der Waals surface area contributed by atoms with E-state index in [1.807, 2.05) is 19.1 Å². The van der Waals surface area contributed by atoms with Crippen LogP contribution >= 0.6 is 0 Å². The van der Waals surface area contributed by atoms with Crippen LogP contribution in [0.2, 0.25) is 0 Å². The van der Waals surface area contributed by atoms with E-state index in [1.165, 1.54) is 35.5 Å². The zero-order valence-electron chi connectivity index (χ0n) is 20.9. The van der Waals surface area contributed by atoms with Gasteiger partial charge in [0.2, 0.25) is 0 Å². The molecule has 2 heterocycles. The van der Waals surface area contributed by atoms with Gasteiger partial charge in [-0.3, -0.25) is 9.78 Å². The maximum atomic E-state index is 13.4. The average molecular weight is 514 g/mol. The summed E-state index contributed by atoms with van der Waals surface area (Å²) < 4.78 is 53.7. The number of alkyl halides is 3. The molecule has 4 fully saturated rings. The number of halogens is 4. The lowest BCUT2D eigenvalue weighted by atomic mass is 9.43. The Kier molecular flexibility index (Phi) is 6.94. The monoisotopic (exact) mass is 513 g/mol. The predicted octanol–water partition coefficient (Wildman–Crippen LogP) is 6.94. The third kappa shape index (κ3) is 5.34. The Labute approximate surface area is 213 Å².